The first-order valence-electron chi connectivity index (χ1n) is 5.94. The minimum absolute atomic E-state index is 0.196. The van der Waals surface area contributed by atoms with Gasteiger partial charge in [-0.05, 0) is 37.6 Å². The molecule has 1 aromatic carbocycles. The second-order valence-corrected chi connectivity index (χ2v) is 4.30. The Morgan fingerprint density at radius 2 is 2.39 bits per heavy atom. The van der Waals surface area contributed by atoms with Gasteiger partial charge in [0.15, 0.2) is 5.82 Å². The molecule has 3 rings (SSSR count). The van der Waals surface area contributed by atoms with Crippen LogP contribution in [0.4, 0.5) is 0 Å². The molecule has 0 radical (unpaired) electrons. The lowest BCUT2D eigenvalue weighted by atomic mass is 10.1. The highest BCUT2D eigenvalue weighted by molar-refractivity contribution is 5.56. The van der Waals surface area contributed by atoms with Crippen molar-refractivity contribution in [1.82, 2.24) is 15.5 Å². The Bertz CT molecular complexity index is 593. The zero-order valence-electron chi connectivity index (χ0n) is 9.76. The van der Waals surface area contributed by atoms with E-state index in [1.54, 1.807) is 12.1 Å². The summed E-state index contributed by atoms with van der Waals surface area (Å²) < 4.78 is 5.25. The first kappa shape index (κ1) is 10.9. The Labute approximate surface area is 104 Å². The average Bonchev–Trinajstić information content (AvgIpc) is 3.09. The van der Waals surface area contributed by atoms with E-state index in [-0.39, 0.29) is 6.04 Å². The summed E-state index contributed by atoms with van der Waals surface area (Å²) in [5, 5.41) is 16.2. The second-order valence-electron chi connectivity index (χ2n) is 4.30. The molecular weight excluding hydrogens is 228 g/mol. The highest BCUT2D eigenvalue weighted by atomic mass is 16.5. The lowest BCUT2D eigenvalue weighted by molar-refractivity contribution is 0.412. The van der Waals surface area contributed by atoms with Crippen LogP contribution in [-0.2, 0) is 0 Å². The third-order valence-corrected chi connectivity index (χ3v) is 3.05. The van der Waals surface area contributed by atoms with Crippen LogP contribution in [0.5, 0.6) is 0 Å². The van der Waals surface area contributed by atoms with Crippen molar-refractivity contribution >= 4 is 0 Å². The molecule has 5 heteroatoms. The lowest BCUT2D eigenvalue weighted by Crippen LogP contribution is -2.14. The van der Waals surface area contributed by atoms with Gasteiger partial charge in [-0.2, -0.15) is 10.2 Å². The van der Waals surface area contributed by atoms with Gasteiger partial charge in [-0.15, -0.1) is 0 Å². The van der Waals surface area contributed by atoms with Crippen LogP contribution in [-0.4, -0.2) is 16.7 Å². The fourth-order valence-electron chi connectivity index (χ4n) is 2.12. The van der Waals surface area contributed by atoms with Crippen molar-refractivity contribution < 1.29 is 4.52 Å². The molecular formula is C13H12N4O. The van der Waals surface area contributed by atoms with Crippen molar-refractivity contribution in [2.75, 3.05) is 6.54 Å². The third-order valence-electron chi connectivity index (χ3n) is 3.05. The number of hydrogen-bond acceptors (Lipinski definition) is 5. The van der Waals surface area contributed by atoms with Crippen molar-refractivity contribution in [3.05, 3.63) is 35.7 Å². The Morgan fingerprint density at radius 1 is 1.44 bits per heavy atom. The summed E-state index contributed by atoms with van der Waals surface area (Å²) in [6, 6.07) is 9.46. The molecule has 0 amide bonds. The summed E-state index contributed by atoms with van der Waals surface area (Å²) in [7, 11) is 0. The number of rotatable bonds is 2. The van der Waals surface area contributed by atoms with Gasteiger partial charge in [0.25, 0.3) is 5.89 Å². The van der Waals surface area contributed by atoms with Gasteiger partial charge in [0.05, 0.1) is 17.7 Å². The number of hydrogen-bond donors (Lipinski definition) is 1. The maximum atomic E-state index is 8.86. The molecule has 1 aliphatic rings. The van der Waals surface area contributed by atoms with Gasteiger partial charge in [-0.1, -0.05) is 11.2 Å². The predicted octanol–water partition coefficient (Wildman–Crippen LogP) is 2.03. The van der Waals surface area contributed by atoms with E-state index >= 15 is 0 Å². The molecule has 0 aliphatic carbocycles. The van der Waals surface area contributed by atoms with E-state index in [1.807, 2.05) is 12.1 Å². The summed E-state index contributed by atoms with van der Waals surface area (Å²) in [6.07, 6.45) is 2.18. The summed E-state index contributed by atoms with van der Waals surface area (Å²) in [5.74, 6) is 1.17. The minimum atomic E-state index is 0.196. The lowest BCUT2D eigenvalue weighted by Gasteiger charge is -2.01. The van der Waals surface area contributed by atoms with E-state index < -0.39 is 0 Å². The molecule has 2 aromatic rings. The fraction of sp³-hybridized carbons (Fsp3) is 0.308. The first-order valence-corrected chi connectivity index (χ1v) is 5.94. The van der Waals surface area contributed by atoms with Crippen LogP contribution in [0.2, 0.25) is 0 Å². The molecule has 1 unspecified atom stereocenters. The molecule has 2 heterocycles. The second kappa shape index (κ2) is 4.59. The van der Waals surface area contributed by atoms with Crippen LogP contribution < -0.4 is 5.32 Å². The summed E-state index contributed by atoms with van der Waals surface area (Å²) in [6.45, 7) is 0.998. The van der Waals surface area contributed by atoms with Crippen molar-refractivity contribution in [3.8, 4) is 17.5 Å². The summed E-state index contributed by atoms with van der Waals surface area (Å²) >= 11 is 0. The molecule has 1 N–H and O–H groups in total. The summed E-state index contributed by atoms with van der Waals surface area (Å²) in [5.41, 5.74) is 1.37. The van der Waals surface area contributed by atoms with Crippen LogP contribution in [0.25, 0.3) is 11.5 Å². The maximum absolute atomic E-state index is 8.86. The highest BCUT2D eigenvalue weighted by Crippen LogP contribution is 2.24. The highest BCUT2D eigenvalue weighted by Gasteiger charge is 2.22. The maximum Gasteiger partial charge on any atom is 0.258 e. The van der Waals surface area contributed by atoms with Crippen molar-refractivity contribution in [2.24, 2.45) is 0 Å². The monoisotopic (exact) mass is 240 g/mol. The molecule has 18 heavy (non-hydrogen) atoms. The molecule has 5 nitrogen and oxygen atoms in total. The topological polar surface area (TPSA) is 74.7 Å². The van der Waals surface area contributed by atoms with Crippen LogP contribution in [0.1, 0.15) is 30.3 Å². The van der Waals surface area contributed by atoms with Gasteiger partial charge < -0.3 is 9.84 Å². The molecule has 90 valence electrons. The van der Waals surface area contributed by atoms with Crippen LogP contribution in [0, 0.1) is 11.3 Å². The molecule has 1 fully saturated rings. The van der Waals surface area contributed by atoms with Crippen LogP contribution in [0.3, 0.4) is 0 Å². The standard InChI is InChI=1S/C13H12N4O/c14-8-9-3-1-4-10(7-9)13-16-12(17-18-13)11-5-2-6-15-11/h1,3-4,7,11,15H,2,5-6H2. The molecule has 1 aliphatic heterocycles. The van der Waals surface area contributed by atoms with E-state index in [9.17, 15) is 0 Å². The van der Waals surface area contributed by atoms with Crippen molar-refractivity contribution in [1.29, 1.82) is 5.26 Å². The number of aromatic nitrogens is 2. The van der Waals surface area contributed by atoms with Gasteiger partial charge in [-0.3, -0.25) is 0 Å². The van der Waals surface area contributed by atoms with Gasteiger partial charge in [0.1, 0.15) is 0 Å². The van der Waals surface area contributed by atoms with Crippen molar-refractivity contribution in [3.63, 3.8) is 0 Å². The fourth-order valence-corrected chi connectivity index (χ4v) is 2.12. The minimum Gasteiger partial charge on any atom is -0.334 e. The van der Waals surface area contributed by atoms with E-state index in [0.717, 1.165) is 24.9 Å². The first-order chi connectivity index (χ1) is 8.86. The van der Waals surface area contributed by atoms with E-state index in [1.165, 1.54) is 0 Å². The average molecular weight is 240 g/mol. The zero-order valence-corrected chi connectivity index (χ0v) is 9.76. The quantitative estimate of drug-likeness (QED) is 0.869. The smallest absolute Gasteiger partial charge is 0.258 e. The Morgan fingerprint density at radius 3 is 3.17 bits per heavy atom. The molecule has 0 saturated carbocycles. The molecule has 0 bridgehead atoms. The van der Waals surface area contributed by atoms with E-state index in [4.69, 9.17) is 9.78 Å². The predicted molar refractivity (Wildman–Crippen MR) is 64.4 cm³/mol. The van der Waals surface area contributed by atoms with E-state index in [2.05, 4.69) is 21.5 Å². The zero-order chi connectivity index (χ0) is 12.4. The molecule has 0 spiro atoms. The van der Waals surface area contributed by atoms with Gasteiger partial charge >= 0.3 is 0 Å². The third kappa shape index (κ3) is 1.98. The van der Waals surface area contributed by atoms with Gasteiger partial charge in [0, 0.05) is 5.56 Å². The Hall–Kier alpha value is -2.19. The Kier molecular flexibility index (Phi) is 2.79. The van der Waals surface area contributed by atoms with Crippen LogP contribution >= 0.6 is 0 Å². The van der Waals surface area contributed by atoms with Gasteiger partial charge in [-0.25, -0.2) is 0 Å². The molecule has 1 aromatic heterocycles. The normalized spacial score (nSPS) is 18.7. The largest absolute Gasteiger partial charge is 0.334 e. The van der Waals surface area contributed by atoms with Crippen molar-refractivity contribution in [2.45, 2.75) is 18.9 Å². The Balaban J connectivity index is 1.90. The molecule has 1 atom stereocenters. The van der Waals surface area contributed by atoms with E-state index in [0.29, 0.717) is 17.3 Å². The number of nitriles is 1. The summed E-state index contributed by atoms with van der Waals surface area (Å²) in [4.78, 5) is 4.39. The van der Waals surface area contributed by atoms with Crippen LogP contribution in [0.15, 0.2) is 28.8 Å². The number of benzene rings is 1. The molecule has 1 saturated heterocycles. The number of nitrogens with zero attached hydrogens (tertiary/aromatic N) is 3. The van der Waals surface area contributed by atoms with Gasteiger partial charge in [0.2, 0.25) is 0 Å². The SMILES string of the molecule is N#Cc1cccc(-c2nc(C3CCCN3)no2)c1. The number of nitrogens with one attached hydrogen (secondary N) is 1.